The number of carbonyl (C=O) groups is 2. The summed E-state index contributed by atoms with van der Waals surface area (Å²) in [7, 11) is 0. The molecule has 1 saturated carbocycles. The molecule has 0 aromatic rings. The molecule has 2 fully saturated rings. The van der Waals surface area contributed by atoms with E-state index in [1.54, 1.807) is 0 Å². The van der Waals surface area contributed by atoms with Crippen molar-refractivity contribution in [2.75, 3.05) is 6.54 Å². The van der Waals surface area contributed by atoms with Gasteiger partial charge in [0.05, 0.1) is 6.10 Å². The molecule has 0 bridgehead atoms. The highest BCUT2D eigenvalue weighted by molar-refractivity contribution is 5.74. The molecule has 102 valence electrons. The largest absolute Gasteiger partial charge is 0.479 e. The fraction of sp³-hybridized carbons (Fsp3) is 0.833. The standard InChI is InChI=1S/C12H20N2O4/c15-11(16)10-6-5-9(18-10)7-13-12(17)14-8-3-1-2-4-8/h8-10H,1-7H2,(H,15,16)(H2,13,14,17). The molecular formula is C12H20N2O4. The van der Waals surface area contributed by atoms with Gasteiger partial charge in [-0.25, -0.2) is 9.59 Å². The minimum Gasteiger partial charge on any atom is -0.479 e. The molecule has 18 heavy (non-hydrogen) atoms. The van der Waals surface area contributed by atoms with Gasteiger partial charge in [0, 0.05) is 12.6 Å². The van der Waals surface area contributed by atoms with E-state index < -0.39 is 12.1 Å². The van der Waals surface area contributed by atoms with Gasteiger partial charge < -0.3 is 20.5 Å². The van der Waals surface area contributed by atoms with E-state index in [4.69, 9.17) is 9.84 Å². The number of carboxylic acids is 1. The van der Waals surface area contributed by atoms with Crippen LogP contribution in [0.4, 0.5) is 4.79 Å². The summed E-state index contributed by atoms with van der Waals surface area (Å²) in [6, 6.07) is 0.116. The molecule has 2 unspecified atom stereocenters. The molecule has 0 aromatic carbocycles. The normalized spacial score (nSPS) is 28.2. The van der Waals surface area contributed by atoms with Gasteiger partial charge in [-0.1, -0.05) is 12.8 Å². The molecule has 1 aliphatic heterocycles. The van der Waals surface area contributed by atoms with Gasteiger partial charge in [0.2, 0.25) is 0 Å². The van der Waals surface area contributed by atoms with E-state index in [2.05, 4.69) is 10.6 Å². The lowest BCUT2D eigenvalue weighted by atomic mass is 10.2. The Morgan fingerprint density at radius 1 is 1.17 bits per heavy atom. The first-order chi connectivity index (χ1) is 8.65. The quantitative estimate of drug-likeness (QED) is 0.696. The van der Waals surface area contributed by atoms with Crippen molar-refractivity contribution in [1.29, 1.82) is 0 Å². The summed E-state index contributed by atoms with van der Waals surface area (Å²) < 4.78 is 5.30. The van der Waals surface area contributed by atoms with Gasteiger partial charge in [-0.2, -0.15) is 0 Å². The zero-order valence-corrected chi connectivity index (χ0v) is 10.4. The van der Waals surface area contributed by atoms with Gasteiger partial charge in [-0.15, -0.1) is 0 Å². The second kappa shape index (κ2) is 6.04. The average molecular weight is 256 g/mol. The third-order valence-electron chi connectivity index (χ3n) is 3.56. The molecule has 6 nitrogen and oxygen atoms in total. The van der Waals surface area contributed by atoms with Crippen LogP contribution in [0.25, 0.3) is 0 Å². The zero-order chi connectivity index (χ0) is 13.0. The van der Waals surface area contributed by atoms with Crippen LogP contribution in [-0.2, 0) is 9.53 Å². The first-order valence-electron chi connectivity index (χ1n) is 6.58. The molecule has 1 saturated heterocycles. The molecule has 2 aliphatic rings. The van der Waals surface area contributed by atoms with E-state index in [0.29, 0.717) is 25.4 Å². The Labute approximate surface area is 106 Å². The highest BCUT2D eigenvalue weighted by Gasteiger charge is 2.30. The zero-order valence-electron chi connectivity index (χ0n) is 10.4. The van der Waals surface area contributed by atoms with Crippen LogP contribution in [0.15, 0.2) is 0 Å². The minimum absolute atomic E-state index is 0.177. The summed E-state index contributed by atoms with van der Waals surface area (Å²) in [4.78, 5) is 22.3. The topological polar surface area (TPSA) is 87.7 Å². The molecule has 2 rings (SSSR count). The number of urea groups is 1. The van der Waals surface area contributed by atoms with Crippen LogP contribution < -0.4 is 10.6 Å². The number of nitrogens with one attached hydrogen (secondary N) is 2. The Morgan fingerprint density at radius 3 is 2.50 bits per heavy atom. The Bertz CT molecular complexity index is 315. The van der Waals surface area contributed by atoms with E-state index >= 15 is 0 Å². The van der Waals surface area contributed by atoms with Crippen LogP contribution in [0.3, 0.4) is 0 Å². The minimum atomic E-state index is -0.923. The number of hydrogen-bond acceptors (Lipinski definition) is 3. The smallest absolute Gasteiger partial charge is 0.332 e. The van der Waals surface area contributed by atoms with E-state index in [-0.39, 0.29) is 12.1 Å². The van der Waals surface area contributed by atoms with Crippen LogP contribution >= 0.6 is 0 Å². The molecule has 0 aromatic heterocycles. The van der Waals surface area contributed by atoms with Crippen LogP contribution in [0, 0.1) is 0 Å². The van der Waals surface area contributed by atoms with E-state index in [9.17, 15) is 9.59 Å². The number of ether oxygens (including phenoxy) is 1. The maximum Gasteiger partial charge on any atom is 0.332 e. The Balaban J connectivity index is 1.62. The fourth-order valence-corrected chi connectivity index (χ4v) is 2.55. The van der Waals surface area contributed by atoms with E-state index in [1.807, 2.05) is 0 Å². The second-order valence-corrected chi connectivity index (χ2v) is 5.00. The number of rotatable bonds is 4. The highest BCUT2D eigenvalue weighted by Crippen LogP contribution is 2.19. The monoisotopic (exact) mass is 256 g/mol. The Morgan fingerprint density at radius 2 is 1.89 bits per heavy atom. The number of amides is 2. The number of carboxylic acid groups (broad SMARTS) is 1. The van der Waals surface area contributed by atoms with Crippen molar-refractivity contribution >= 4 is 12.0 Å². The van der Waals surface area contributed by atoms with Gasteiger partial charge in [-0.05, 0) is 25.7 Å². The van der Waals surface area contributed by atoms with E-state index in [1.165, 1.54) is 12.8 Å². The maximum absolute atomic E-state index is 11.6. The second-order valence-electron chi connectivity index (χ2n) is 5.00. The van der Waals surface area contributed by atoms with Crippen molar-refractivity contribution in [2.45, 2.75) is 56.8 Å². The molecular weight excluding hydrogens is 236 g/mol. The maximum atomic E-state index is 11.6. The van der Waals surface area contributed by atoms with Crippen molar-refractivity contribution in [1.82, 2.24) is 10.6 Å². The summed E-state index contributed by atoms with van der Waals surface area (Å²) in [5.74, 6) is -0.923. The van der Waals surface area contributed by atoms with Gasteiger partial charge in [0.25, 0.3) is 0 Å². The third-order valence-corrected chi connectivity index (χ3v) is 3.56. The van der Waals surface area contributed by atoms with Crippen molar-refractivity contribution < 1.29 is 19.4 Å². The third kappa shape index (κ3) is 3.60. The summed E-state index contributed by atoms with van der Waals surface area (Å²) in [5, 5.41) is 14.4. The summed E-state index contributed by atoms with van der Waals surface area (Å²) >= 11 is 0. The van der Waals surface area contributed by atoms with Gasteiger partial charge >= 0.3 is 12.0 Å². The van der Waals surface area contributed by atoms with Gasteiger partial charge in [-0.3, -0.25) is 0 Å². The number of aliphatic carboxylic acids is 1. The molecule has 1 aliphatic carbocycles. The molecule has 0 radical (unpaired) electrons. The Kier molecular flexibility index (Phi) is 4.41. The molecule has 6 heteroatoms. The lowest BCUT2D eigenvalue weighted by molar-refractivity contribution is -0.149. The van der Waals surface area contributed by atoms with Crippen molar-refractivity contribution in [3.8, 4) is 0 Å². The van der Waals surface area contributed by atoms with Crippen LogP contribution in [0.1, 0.15) is 38.5 Å². The summed E-state index contributed by atoms with van der Waals surface area (Å²) in [5.41, 5.74) is 0. The SMILES string of the molecule is O=C(NCC1CCC(C(=O)O)O1)NC1CCCC1. The Hall–Kier alpha value is -1.30. The molecule has 1 heterocycles. The van der Waals surface area contributed by atoms with Crippen LogP contribution in [0.5, 0.6) is 0 Å². The lowest BCUT2D eigenvalue weighted by Crippen LogP contribution is -2.43. The molecule has 2 atom stereocenters. The van der Waals surface area contributed by atoms with Crippen LogP contribution in [-0.4, -0.2) is 41.9 Å². The van der Waals surface area contributed by atoms with Crippen molar-refractivity contribution in [3.05, 3.63) is 0 Å². The summed E-state index contributed by atoms with van der Waals surface area (Å²) in [6.45, 7) is 0.377. The molecule has 0 spiro atoms. The average Bonchev–Trinajstić information content (AvgIpc) is 2.96. The van der Waals surface area contributed by atoms with Crippen LogP contribution in [0.2, 0.25) is 0 Å². The molecule has 3 N–H and O–H groups in total. The van der Waals surface area contributed by atoms with Gasteiger partial charge in [0.1, 0.15) is 0 Å². The number of hydrogen-bond donors (Lipinski definition) is 3. The first-order valence-corrected chi connectivity index (χ1v) is 6.58. The lowest BCUT2D eigenvalue weighted by Gasteiger charge is -2.15. The first kappa shape index (κ1) is 13.1. The highest BCUT2D eigenvalue weighted by atomic mass is 16.5. The summed E-state index contributed by atoms with van der Waals surface area (Å²) in [6.07, 6.45) is 4.76. The number of carbonyl (C=O) groups excluding carboxylic acids is 1. The van der Waals surface area contributed by atoms with E-state index in [0.717, 1.165) is 12.8 Å². The van der Waals surface area contributed by atoms with Crippen molar-refractivity contribution in [3.63, 3.8) is 0 Å². The molecule has 2 amide bonds. The van der Waals surface area contributed by atoms with Gasteiger partial charge in [0.15, 0.2) is 6.10 Å². The fourth-order valence-electron chi connectivity index (χ4n) is 2.55. The van der Waals surface area contributed by atoms with Crippen molar-refractivity contribution in [2.24, 2.45) is 0 Å². The predicted octanol–water partition coefficient (Wildman–Crippen LogP) is 0.860. The predicted molar refractivity (Wildman–Crippen MR) is 64.3 cm³/mol.